The lowest BCUT2D eigenvalue weighted by atomic mass is 9.81. The summed E-state index contributed by atoms with van der Waals surface area (Å²) in [6.07, 6.45) is 8.05. The molecule has 0 aliphatic heterocycles. The number of halogens is 1. The van der Waals surface area contributed by atoms with E-state index in [1.807, 2.05) is 0 Å². The van der Waals surface area contributed by atoms with E-state index >= 15 is 0 Å². The Labute approximate surface area is 123 Å². The van der Waals surface area contributed by atoms with Gasteiger partial charge >= 0.3 is 0 Å². The first kappa shape index (κ1) is 14.9. The Morgan fingerprint density at radius 3 is 2.21 bits per heavy atom. The maximum absolute atomic E-state index is 6.64. The minimum Gasteiger partial charge on any atom is -0.117 e. The fourth-order valence-corrected chi connectivity index (χ4v) is 3.30. The summed E-state index contributed by atoms with van der Waals surface area (Å²) in [5, 5.41) is 0.109. The van der Waals surface area contributed by atoms with E-state index in [9.17, 15) is 0 Å². The minimum atomic E-state index is 0.109. The van der Waals surface area contributed by atoms with Crippen LogP contribution in [0.4, 0.5) is 0 Å². The second-order valence-corrected chi connectivity index (χ2v) is 7.14. The van der Waals surface area contributed by atoms with E-state index in [2.05, 4.69) is 45.0 Å². The highest BCUT2D eigenvalue weighted by atomic mass is 35.5. The van der Waals surface area contributed by atoms with E-state index in [4.69, 9.17) is 11.6 Å². The van der Waals surface area contributed by atoms with Crippen molar-refractivity contribution in [1.29, 1.82) is 0 Å². The molecule has 19 heavy (non-hydrogen) atoms. The SMILES string of the molecule is CCC(C)(C)C(Cl)c1ccc(C2CCCCC2)cc1. The van der Waals surface area contributed by atoms with Crippen LogP contribution in [0.1, 0.15) is 81.7 Å². The molecular formula is C18H27Cl. The molecule has 1 fully saturated rings. The van der Waals surface area contributed by atoms with Crippen LogP contribution in [0.25, 0.3) is 0 Å². The molecule has 1 heteroatoms. The van der Waals surface area contributed by atoms with E-state index in [1.54, 1.807) is 0 Å². The zero-order chi connectivity index (χ0) is 13.9. The summed E-state index contributed by atoms with van der Waals surface area (Å²) in [5.41, 5.74) is 2.95. The monoisotopic (exact) mass is 278 g/mol. The standard InChI is InChI=1S/C18H27Cl/c1-4-18(2,3)17(19)16-12-10-15(11-13-16)14-8-6-5-7-9-14/h10-14,17H,4-9H2,1-3H3. The molecule has 0 aromatic heterocycles. The molecule has 0 N–H and O–H groups in total. The van der Waals surface area contributed by atoms with E-state index < -0.39 is 0 Å². The molecular weight excluding hydrogens is 252 g/mol. The fourth-order valence-electron chi connectivity index (χ4n) is 3.00. The summed E-state index contributed by atoms with van der Waals surface area (Å²) < 4.78 is 0. The van der Waals surface area contributed by atoms with Gasteiger partial charge in [-0.05, 0) is 41.7 Å². The van der Waals surface area contributed by atoms with Crippen LogP contribution in [0.15, 0.2) is 24.3 Å². The minimum absolute atomic E-state index is 0.109. The lowest BCUT2D eigenvalue weighted by Gasteiger charge is -2.29. The molecule has 1 unspecified atom stereocenters. The number of rotatable bonds is 4. The summed E-state index contributed by atoms with van der Waals surface area (Å²) in [5.74, 6) is 0.788. The fraction of sp³-hybridized carbons (Fsp3) is 0.667. The number of alkyl halides is 1. The second kappa shape index (κ2) is 6.31. The lowest BCUT2D eigenvalue weighted by Crippen LogP contribution is -2.17. The third-order valence-corrected chi connectivity index (χ3v) is 5.75. The van der Waals surface area contributed by atoms with Crippen molar-refractivity contribution in [3.8, 4) is 0 Å². The van der Waals surface area contributed by atoms with Crippen molar-refractivity contribution >= 4 is 11.6 Å². The summed E-state index contributed by atoms with van der Waals surface area (Å²) in [4.78, 5) is 0. The summed E-state index contributed by atoms with van der Waals surface area (Å²) in [7, 11) is 0. The molecule has 1 aliphatic carbocycles. The Kier molecular flexibility index (Phi) is 4.95. The molecule has 1 aliphatic rings. The van der Waals surface area contributed by atoms with Crippen molar-refractivity contribution in [2.75, 3.05) is 0 Å². The molecule has 1 aromatic carbocycles. The molecule has 0 nitrogen and oxygen atoms in total. The van der Waals surface area contributed by atoms with Gasteiger partial charge in [-0.25, -0.2) is 0 Å². The molecule has 1 atom stereocenters. The van der Waals surface area contributed by atoms with Gasteiger partial charge < -0.3 is 0 Å². The third-order valence-electron chi connectivity index (χ3n) is 4.90. The highest BCUT2D eigenvalue weighted by Crippen LogP contribution is 2.42. The van der Waals surface area contributed by atoms with E-state index in [0.29, 0.717) is 0 Å². The van der Waals surface area contributed by atoms with Gasteiger partial charge in [-0.15, -0.1) is 11.6 Å². The largest absolute Gasteiger partial charge is 0.117 e. The molecule has 106 valence electrons. The van der Waals surface area contributed by atoms with Crippen LogP contribution >= 0.6 is 11.6 Å². The molecule has 0 saturated heterocycles. The third kappa shape index (κ3) is 3.54. The first-order chi connectivity index (χ1) is 9.04. The first-order valence-corrected chi connectivity index (χ1v) is 8.22. The zero-order valence-corrected chi connectivity index (χ0v) is 13.3. The molecule has 1 aromatic rings. The van der Waals surface area contributed by atoms with Crippen LogP contribution in [-0.2, 0) is 0 Å². The highest BCUT2D eigenvalue weighted by Gasteiger charge is 2.27. The maximum atomic E-state index is 6.64. The molecule has 0 amide bonds. The Morgan fingerprint density at radius 1 is 1.11 bits per heavy atom. The van der Waals surface area contributed by atoms with Gasteiger partial charge in [0.15, 0.2) is 0 Å². The van der Waals surface area contributed by atoms with Gasteiger partial charge in [-0.3, -0.25) is 0 Å². The second-order valence-electron chi connectivity index (χ2n) is 6.71. The van der Waals surface area contributed by atoms with Crippen molar-refractivity contribution in [3.05, 3.63) is 35.4 Å². The molecule has 0 heterocycles. The predicted molar refractivity (Wildman–Crippen MR) is 84.9 cm³/mol. The lowest BCUT2D eigenvalue weighted by molar-refractivity contribution is 0.336. The molecule has 0 spiro atoms. The van der Waals surface area contributed by atoms with Gasteiger partial charge in [0.25, 0.3) is 0 Å². The highest BCUT2D eigenvalue weighted by molar-refractivity contribution is 6.21. The van der Waals surface area contributed by atoms with Crippen molar-refractivity contribution in [2.45, 2.75) is 70.6 Å². The van der Waals surface area contributed by atoms with Crippen molar-refractivity contribution in [1.82, 2.24) is 0 Å². The Hall–Kier alpha value is -0.490. The van der Waals surface area contributed by atoms with Crippen LogP contribution in [0, 0.1) is 5.41 Å². The average Bonchev–Trinajstić information content (AvgIpc) is 2.47. The van der Waals surface area contributed by atoms with Gasteiger partial charge in [0.1, 0.15) is 0 Å². The van der Waals surface area contributed by atoms with E-state index in [-0.39, 0.29) is 10.8 Å². The van der Waals surface area contributed by atoms with Crippen molar-refractivity contribution in [2.24, 2.45) is 5.41 Å². The first-order valence-electron chi connectivity index (χ1n) is 7.78. The zero-order valence-electron chi connectivity index (χ0n) is 12.6. The molecule has 0 bridgehead atoms. The van der Waals surface area contributed by atoms with Gasteiger partial charge in [-0.2, -0.15) is 0 Å². The number of benzene rings is 1. The molecule has 2 rings (SSSR count). The topological polar surface area (TPSA) is 0 Å². The average molecular weight is 279 g/mol. The van der Waals surface area contributed by atoms with Crippen molar-refractivity contribution in [3.63, 3.8) is 0 Å². The Balaban J connectivity index is 2.09. The van der Waals surface area contributed by atoms with Crippen molar-refractivity contribution < 1.29 is 0 Å². The van der Waals surface area contributed by atoms with Gasteiger partial charge in [0.05, 0.1) is 5.38 Å². The summed E-state index contributed by atoms with van der Waals surface area (Å²) in [6, 6.07) is 9.12. The van der Waals surface area contributed by atoms with E-state index in [0.717, 1.165) is 12.3 Å². The van der Waals surface area contributed by atoms with Crippen LogP contribution in [0.3, 0.4) is 0 Å². The van der Waals surface area contributed by atoms with Gasteiger partial charge in [0.2, 0.25) is 0 Å². The van der Waals surface area contributed by atoms with Gasteiger partial charge in [-0.1, -0.05) is 64.3 Å². The number of hydrogen-bond acceptors (Lipinski definition) is 0. The summed E-state index contributed by atoms with van der Waals surface area (Å²) in [6.45, 7) is 6.71. The maximum Gasteiger partial charge on any atom is 0.0636 e. The predicted octanol–water partition coefficient (Wildman–Crippen LogP) is 6.45. The number of hydrogen-bond donors (Lipinski definition) is 0. The van der Waals surface area contributed by atoms with Crippen LogP contribution in [0.5, 0.6) is 0 Å². The molecule has 0 radical (unpaired) electrons. The van der Waals surface area contributed by atoms with Crippen LogP contribution in [0.2, 0.25) is 0 Å². The van der Waals surface area contributed by atoms with Crippen LogP contribution in [-0.4, -0.2) is 0 Å². The quantitative estimate of drug-likeness (QED) is 0.555. The Morgan fingerprint density at radius 2 is 1.68 bits per heavy atom. The van der Waals surface area contributed by atoms with E-state index in [1.165, 1.54) is 43.2 Å². The van der Waals surface area contributed by atoms with Gasteiger partial charge in [0, 0.05) is 0 Å². The summed E-state index contributed by atoms with van der Waals surface area (Å²) >= 11 is 6.64. The molecule has 1 saturated carbocycles. The Bertz CT molecular complexity index is 385. The smallest absolute Gasteiger partial charge is 0.0636 e. The normalized spacial score (nSPS) is 19.4. The van der Waals surface area contributed by atoms with Crippen LogP contribution < -0.4 is 0 Å².